The quantitative estimate of drug-likeness (QED) is 0.740. The number of hydrogen-bond acceptors (Lipinski definition) is 4. The summed E-state index contributed by atoms with van der Waals surface area (Å²) in [7, 11) is 0. The number of carbonyl (C=O) groups excluding carboxylic acids is 2. The zero-order valence-corrected chi connectivity index (χ0v) is 18.1. The third-order valence-electron chi connectivity index (χ3n) is 5.42. The SMILES string of the molecule is CC(C)NC(=O)CN1CCN([C@@H](C)C(=O)Nc2ccccc2-c2ccccc2)CC1. The van der Waals surface area contributed by atoms with Crippen molar-refractivity contribution in [2.75, 3.05) is 38.0 Å². The van der Waals surface area contributed by atoms with Crippen molar-refractivity contribution in [2.45, 2.75) is 32.9 Å². The van der Waals surface area contributed by atoms with Gasteiger partial charge in [0, 0.05) is 43.5 Å². The molecular weight excluding hydrogens is 376 g/mol. The fourth-order valence-corrected chi connectivity index (χ4v) is 3.74. The highest BCUT2D eigenvalue weighted by atomic mass is 16.2. The number of benzene rings is 2. The van der Waals surface area contributed by atoms with Crippen molar-refractivity contribution >= 4 is 17.5 Å². The first-order valence-corrected chi connectivity index (χ1v) is 10.6. The largest absolute Gasteiger partial charge is 0.353 e. The molecule has 30 heavy (non-hydrogen) atoms. The maximum atomic E-state index is 12.9. The standard InChI is InChI=1S/C24H32N4O2/c1-18(2)25-23(29)17-27-13-15-28(16-14-27)19(3)24(30)26-22-12-8-7-11-21(22)20-9-5-4-6-10-20/h4-12,18-19H,13-17H2,1-3H3,(H,25,29)(H,26,30)/t19-/m0/s1. The van der Waals surface area contributed by atoms with Gasteiger partial charge in [-0.2, -0.15) is 0 Å². The Morgan fingerprint density at radius 1 is 0.900 bits per heavy atom. The molecule has 0 radical (unpaired) electrons. The topological polar surface area (TPSA) is 64.7 Å². The van der Waals surface area contributed by atoms with Crippen molar-refractivity contribution in [2.24, 2.45) is 0 Å². The summed E-state index contributed by atoms with van der Waals surface area (Å²) < 4.78 is 0. The minimum absolute atomic E-state index is 0.00983. The predicted molar refractivity (Wildman–Crippen MR) is 121 cm³/mol. The number of piperazine rings is 1. The molecule has 0 spiro atoms. The third-order valence-corrected chi connectivity index (χ3v) is 5.42. The number of para-hydroxylation sites is 1. The molecule has 0 saturated carbocycles. The van der Waals surface area contributed by atoms with E-state index in [-0.39, 0.29) is 23.9 Å². The van der Waals surface area contributed by atoms with Gasteiger partial charge in [-0.1, -0.05) is 48.5 Å². The van der Waals surface area contributed by atoms with E-state index < -0.39 is 0 Å². The van der Waals surface area contributed by atoms with Gasteiger partial charge in [0.2, 0.25) is 11.8 Å². The predicted octanol–water partition coefficient (Wildman–Crippen LogP) is 2.82. The van der Waals surface area contributed by atoms with Crippen LogP contribution in [0.25, 0.3) is 11.1 Å². The summed E-state index contributed by atoms with van der Waals surface area (Å²) >= 11 is 0. The molecule has 0 unspecified atom stereocenters. The van der Waals surface area contributed by atoms with Crippen LogP contribution in [0.1, 0.15) is 20.8 Å². The average molecular weight is 409 g/mol. The van der Waals surface area contributed by atoms with Crippen LogP contribution in [0.3, 0.4) is 0 Å². The van der Waals surface area contributed by atoms with E-state index in [0.29, 0.717) is 6.54 Å². The zero-order chi connectivity index (χ0) is 21.5. The Bertz CT molecular complexity index is 845. The lowest BCUT2D eigenvalue weighted by Gasteiger charge is -2.37. The van der Waals surface area contributed by atoms with Crippen LogP contribution in [-0.2, 0) is 9.59 Å². The number of amides is 2. The zero-order valence-electron chi connectivity index (χ0n) is 18.1. The molecule has 2 aromatic rings. The van der Waals surface area contributed by atoms with Gasteiger partial charge in [-0.3, -0.25) is 19.4 Å². The average Bonchev–Trinajstić information content (AvgIpc) is 2.74. The normalized spacial score (nSPS) is 16.3. The number of nitrogens with zero attached hydrogens (tertiary/aromatic N) is 2. The number of carbonyl (C=O) groups is 2. The molecule has 2 amide bonds. The van der Waals surface area contributed by atoms with E-state index in [1.165, 1.54) is 0 Å². The molecule has 1 heterocycles. The van der Waals surface area contributed by atoms with Gasteiger partial charge in [-0.15, -0.1) is 0 Å². The Hall–Kier alpha value is -2.70. The molecule has 0 bridgehead atoms. The Kier molecular flexibility index (Phi) is 7.60. The van der Waals surface area contributed by atoms with Crippen LogP contribution < -0.4 is 10.6 Å². The van der Waals surface area contributed by atoms with Gasteiger partial charge in [0.05, 0.1) is 12.6 Å². The molecule has 160 valence electrons. The van der Waals surface area contributed by atoms with E-state index >= 15 is 0 Å². The fourth-order valence-electron chi connectivity index (χ4n) is 3.74. The lowest BCUT2D eigenvalue weighted by atomic mass is 10.0. The molecule has 1 atom stereocenters. The Morgan fingerprint density at radius 3 is 2.20 bits per heavy atom. The number of rotatable bonds is 7. The van der Waals surface area contributed by atoms with Gasteiger partial charge < -0.3 is 10.6 Å². The highest BCUT2D eigenvalue weighted by Crippen LogP contribution is 2.27. The molecule has 1 aliphatic rings. The minimum atomic E-state index is -0.236. The summed E-state index contributed by atoms with van der Waals surface area (Å²) in [6, 6.07) is 17.9. The first kappa shape index (κ1) is 22.0. The molecular formula is C24H32N4O2. The van der Waals surface area contributed by atoms with Crippen molar-refractivity contribution in [3.8, 4) is 11.1 Å². The second-order valence-electron chi connectivity index (χ2n) is 8.11. The van der Waals surface area contributed by atoms with E-state index in [1.54, 1.807) is 0 Å². The van der Waals surface area contributed by atoms with Gasteiger partial charge in [-0.25, -0.2) is 0 Å². The molecule has 0 aliphatic carbocycles. The van der Waals surface area contributed by atoms with Crippen LogP contribution in [0.2, 0.25) is 0 Å². The van der Waals surface area contributed by atoms with Crippen molar-refractivity contribution in [1.82, 2.24) is 15.1 Å². The van der Waals surface area contributed by atoms with Crippen molar-refractivity contribution < 1.29 is 9.59 Å². The van der Waals surface area contributed by atoms with Crippen molar-refractivity contribution in [3.63, 3.8) is 0 Å². The monoisotopic (exact) mass is 408 g/mol. The van der Waals surface area contributed by atoms with Crippen LogP contribution in [0.15, 0.2) is 54.6 Å². The Morgan fingerprint density at radius 2 is 1.53 bits per heavy atom. The highest BCUT2D eigenvalue weighted by molar-refractivity contribution is 5.98. The molecule has 6 nitrogen and oxygen atoms in total. The molecule has 1 fully saturated rings. The van der Waals surface area contributed by atoms with E-state index in [1.807, 2.05) is 75.4 Å². The molecule has 0 aromatic heterocycles. The van der Waals surface area contributed by atoms with Gasteiger partial charge >= 0.3 is 0 Å². The lowest BCUT2D eigenvalue weighted by Crippen LogP contribution is -2.54. The molecule has 6 heteroatoms. The molecule has 3 rings (SSSR count). The number of hydrogen-bond donors (Lipinski definition) is 2. The van der Waals surface area contributed by atoms with Crippen LogP contribution in [0.4, 0.5) is 5.69 Å². The summed E-state index contributed by atoms with van der Waals surface area (Å²) in [5.74, 6) is 0.0474. The van der Waals surface area contributed by atoms with Gasteiger partial charge in [-0.05, 0) is 32.4 Å². The van der Waals surface area contributed by atoms with Crippen LogP contribution >= 0.6 is 0 Å². The van der Waals surface area contributed by atoms with Crippen molar-refractivity contribution in [3.05, 3.63) is 54.6 Å². The first-order chi connectivity index (χ1) is 14.4. The molecule has 2 N–H and O–H groups in total. The fraction of sp³-hybridized carbons (Fsp3) is 0.417. The molecule has 1 saturated heterocycles. The first-order valence-electron chi connectivity index (χ1n) is 10.6. The van der Waals surface area contributed by atoms with Crippen LogP contribution in [0, 0.1) is 0 Å². The van der Waals surface area contributed by atoms with E-state index in [2.05, 4.69) is 20.4 Å². The summed E-state index contributed by atoms with van der Waals surface area (Å²) in [5, 5.41) is 6.04. The summed E-state index contributed by atoms with van der Waals surface area (Å²) in [6.45, 7) is 9.39. The Balaban J connectivity index is 1.56. The van der Waals surface area contributed by atoms with E-state index in [4.69, 9.17) is 0 Å². The minimum Gasteiger partial charge on any atom is -0.353 e. The lowest BCUT2D eigenvalue weighted by molar-refractivity contribution is -0.125. The second-order valence-corrected chi connectivity index (χ2v) is 8.11. The number of nitrogens with one attached hydrogen (secondary N) is 2. The molecule has 2 aromatic carbocycles. The van der Waals surface area contributed by atoms with E-state index in [0.717, 1.165) is 43.0 Å². The third kappa shape index (κ3) is 5.90. The maximum absolute atomic E-state index is 12.9. The highest BCUT2D eigenvalue weighted by Gasteiger charge is 2.26. The second kappa shape index (κ2) is 10.4. The van der Waals surface area contributed by atoms with E-state index in [9.17, 15) is 9.59 Å². The smallest absolute Gasteiger partial charge is 0.241 e. The van der Waals surface area contributed by atoms with Crippen molar-refractivity contribution in [1.29, 1.82) is 0 Å². The number of anilines is 1. The summed E-state index contributed by atoms with van der Waals surface area (Å²) in [5.41, 5.74) is 2.92. The van der Waals surface area contributed by atoms with Crippen LogP contribution in [0.5, 0.6) is 0 Å². The van der Waals surface area contributed by atoms with Crippen LogP contribution in [-0.4, -0.2) is 66.4 Å². The molecule has 1 aliphatic heterocycles. The van der Waals surface area contributed by atoms with Gasteiger partial charge in [0.1, 0.15) is 0 Å². The summed E-state index contributed by atoms with van der Waals surface area (Å²) in [6.07, 6.45) is 0. The van der Waals surface area contributed by atoms with Gasteiger partial charge in [0.25, 0.3) is 0 Å². The summed E-state index contributed by atoms with van der Waals surface area (Å²) in [4.78, 5) is 29.2. The Labute approximate surface area is 179 Å². The van der Waals surface area contributed by atoms with Gasteiger partial charge in [0.15, 0.2) is 0 Å². The maximum Gasteiger partial charge on any atom is 0.241 e.